The molecule has 1 aromatic carbocycles. The minimum Gasteiger partial charge on any atom is -0.369 e. The minimum atomic E-state index is -0.313. The largest absolute Gasteiger partial charge is 0.369 e. The van der Waals surface area contributed by atoms with Crippen LogP contribution in [-0.2, 0) is 16.0 Å². The summed E-state index contributed by atoms with van der Waals surface area (Å²) in [6.07, 6.45) is 2.87. The number of hydrogen-bond acceptors (Lipinski definition) is 2. The van der Waals surface area contributed by atoms with Gasteiger partial charge in [-0.05, 0) is 37.0 Å². The maximum Gasteiger partial charge on any atom is 0.224 e. The zero-order valence-electron chi connectivity index (χ0n) is 11.5. The van der Waals surface area contributed by atoms with E-state index in [4.69, 9.17) is 5.73 Å². The summed E-state index contributed by atoms with van der Waals surface area (Å²) < 4.78 is 0.999. The third-order valence-corrected chi connectivity index (χ3v) is 4.82. The van der Waals surface area contributed by atoms with Gasteiger partial charge in [-0.3, -0.25) is 9.59 Å². The van der Waals surface area contributed by atoms with Crippen molar-refractivity contribution < 1.29 is 9.59 Å². The fourth-order valence-electron chi connectivity index (χ4n) is 2.75. The molecule has 0 radical (unpaired) electrons. The van der Waals surface area contributed by atoms with Crippen molar-refractivity contribution in [1.29, 1.82) is 0 Å². The van der Waals surface area contributed by atoms with Gasteiger partial charge in [-0.1, -0.05) is 34.5 Å². The van der Waals surface area contributed by atoms with Crippen molar-refractivity contribution in [3.05, 3.63) is 33.8 Å². The summed E-state index contributed by atoms with van der Waals surface area (Å²) in [6.45, 7) is 1.98. The first-order valence-electron chi connectivity index (χ1n) is 6.81. The molecule has 108 valence electrons. The second kappa shape index (κ2) is 6.39. The van der Waals surface area contributed by atoms with Gasteiger partial charge in [0.25, 0.3) is 0 Å². The molecule has 0 heterocycles. The average molecular weight is 339 g/mol. The number of amides is 2. The Morgan fingerprint density at radius 1 is 1.40 bits per heavy atom. The molecule has 0 spiro atoms. The zero-order valence-corrected chi connectivity index (χ0v) is 13.1. The van der Waals surface area contributed by atoms with Crippen molar-refractivity contribution >= 4 is 27.7 Å². The van der Waals surface area contributed by atoms with Crippen LogP contribution >= 0.6 is 15.9 Å². The van der Waals surface area contributed by atoms with E-state index in [1.165, 1.54) is 0 Å². The maximum atomic E-state index is 12.1. The van der Waals surface area contributed by atoms with Crippen LogP contribution in [0.2, 0.25) is 0 Å². The van der Waals surface area contributed by atoms with Crippen LogP contribution in [0.5, 0.6) is 0 Å². The van der Waals surface area contributed by atoms with Crippen molar-refractivity contribution in [2.75, 3.05) is 0 Å². The fraction of sp³-hybridized carbons (Fsp3) is 0.467. The molecule has 1 aliphatic rings. The van der Waals surface area contributed by atoms with E-state index in [0.717, 1.165) is 34.9 Å². The Labute approximate surface area is 127 Å². The molecule has 2 amide bonds. The monoisotopic (exact) mass is 338 g/mol. The first kappa shape index (κ1) is 15.0. The van der Waals surface area contributed by atoms with Gasteiger partial charge in [0.05, 0.1) is 12.3 Å². The summed E-state index contributed by atoms with van der Waals surface area (Å²) in [5.41, 5.74) is 7.43. The van der Waals surface area contributed by atoms with Crippen molar-refractivity contribution in [3.63, 3.8) is 0 Å². The van der Waals surface area contributed by atoms with Gasteiger partial charge in [-0.25, -0.2) is 0 Å². The van der Waals surface area contributed by atoms with Gasteiger partial charge < -0.3 is 11.1 Å². The van der Waals surface area contributed by atoms with Crippen LogP contribution in [-0.4, -0.2) is 17.9 Å². The molecule has 1 fully saturated rings. The molecule has 0 saturated heterocycles. The quantitative estimate of drug-likeness (QED) is 0.881. The lowest BCUT2D eigenvalue weighted by molar-refractivity contribution is -0.124. The second-order valence-corrected chi connectivity index (χ2v) is 6.17. The normalized spacial score (nSPS) is 21.7. The van der Waals surface area contributed by atoms with Crippen LogP contribution in [0.25, 0.3) is 0 Å². The van der Waals surface area contributed by atoms with Gasteiger partial charge in [0.15, 0.2) is 0 Å². The van der Waals surface area contributed by atoms with E-state index in [9.17, 15) is 9.59 Å². The Hall–Kier alpha value is -1.36. The lowest BCUT2D eigenvalue weighted by Crippen LogP contribution is -2.42. The van der Waals surface area contributed by atoms with Crippen molar-refractivity contribution in [2.45, 2.75) is 38.6 Å². The highest BCUT2D eigenvalue weighted by atomic mass is 79.9. The predicted molar refractivity (Wildman–Crippen MR) is 81.0 cm³/mol. The Kier molecular flexibility index (Phi) is 4.81. The van der Waals surface area contributed by atoms with E-state index in [1.807, 2.05) is 25.1 Å². The number of benzene rings is 1. The first-order valence-corrected chi connectivity index (χ1v) is 7.61. The highest BCUT2D eigenvalue weighted by Crippen LogP contribution is 2.25. The van der Waals surface area contributed by atoms with Gasteiger partial charge in [-0.15, -0.1) is 0 Å². The number of rotatable bonds is 4. The molecule has 3 N–H and O–H groups in total. The average Bonchev–Trinajstić information content (AvgIpc) is 2.83. The Morgan fingerprint density at radius 3 is 2.85 bits per heavy atom. The molecule has 1 saturated carbocycles. The maximum absolute atomic E-state index is 12.1. The van der Waals surface area contributed by atoms with E-state index in [-0.39, 0.29) is 23.8 Å². The molecule has 20 heavy (non-hydrogen) atoms. The number of hydrogen-bond donors (Lipinski definition) is 2. The SMILES string of the molecule is Cc1c(Br)cccc1CC(=O)N[C@@H]1CCC[C@H]1C(N)=O. The molecule has 0 unspecified atom stereocenters. The third kappa shape index (κ3) is 3.39. The molecule has 1 aromatic rings. The molecule has 0 aromatic heterocycles. The van der Waals surface area contributed by atoms with Crippen molar-refractivity contribution in [1.82, 2.24) is 5.32 Å². The molecule has 1 aliphatic carbocycles. The number of nitrogens with two attached hydrogens (primary N) is 1. The Morgan fingerprint density at radius 2 is 2.15 bits per heavy atom. The number of halogens is 1. The first-order chi connectivity index (χ1) is 9.49. The number of nitrogens with one attached hydrogen (secondary N) is 1. The van der Waals surface area contributed by atoms with Gasteiger partial charge in [0, 0.05) is 10.5 Å². The van der Waals surface area contributed by atoms with E-state index in [2.05, 4.69) is 21.2 Å². The standard InChI is InChI=1S/C15H19BrN2O2/c1-9-10(4-2-6-12(9)16)8-14(19)18-13-7-3-5-11(13)15(17)20/h2,4,6,11,13H,3,5,7-8H2,1H3,(H2,17,20)(H,18,19)/t11-,13-/m1/s1. The summed E-state index contributed by atoms with van der Waals surface area (Å²) in [4.78, 5) is 23.4. The second-order valence-electron chi connectivity index (χ2n) is 5.31. The minimum absolute atomic E-state index is 0.0515. The van der Waals surface area contributed by atoms with Gasteiger partial charge in [0.2, 0.25) is 11.8 Å². The van der Waals surface area contributed by atoms with Gasteiger partial charge in [0.1, 0.15) is 0 Å². The summed E-state index contributed by atoms with van der Waals surface area (Å²) in [5.74, 6) is -0.585. The van der Waals surface area contributed by atoms with Crippen LogP contribution in [0.1, 0.15) is 30.4 Å². The Balaban J connectivity index is 1.99. The summed E-state index contributed by atoms with van der Waals surface area (Å²) in [7, 11) is 0. The molecule has 2 atom stereocenters. The smallest absolute Gasteiger partial charge is 0.224 e. The van der Waals surface area contributed by atoms with Crippen LogP contribution in [0.4, 0.5) is 0 Å². The van der Waals surface area contributed by atoms with Crippen LogP contribution in [0.15, 0.2) is 22.7 Å². The highest BCUT2D eigenvalue weighted by Gasteiger charge is 2.32. The number of carbonyl (C=O) groups excluding carboxylic acids is 2. The van der Waals surface area contributed by atoms with Crippen LogP contribution < -0.4 is 11.1 Å². The summed E-state index contributed by atoms with van der Waals surface area (Å²) in [5, 5.41) is 2.95. The van der Waals surface area contributed by atoms with Crippen molar-refractivity contribution in [2.24, 2.45) is 11.7 Å². The van der Waals surface area contributed by atoms with E-state index >= 15 is 0 Å². The van der Waals surface area contributed by atoms with E-state index in [0.29, 0.717) is 6.42 Å². The van der Waals surface area contributed by atoms with Crippen molar-refractivity contribution in [3.8, 4) is 0 Å². The number of carbonyl (C=O) groups is 2. The molecule has 2 rings (SSSR count). The van der Waals surface area contributed by atoms with Gasteiger partial charge >= 0.3 is 0 Å². The lowest BCUT2D eigenvalue weighted by Gasteiger charge is -2.18. The van der Waals surface area contributed by atoms with Gasteiger partial charge in [-0.2, -0.15) is 0 Å². The molecular weight excluding hydrogens is 320 g/mol. The molecular formula is C15H19BrN2O2. The summed E-state index contributed by atoms with van der Waals surface area (Å²) >= 11 is 3.46. The van der Waals surface area contributed by atoms with Crippen LogP contribution in [0, 0.1) is 12.8 Å². The zero-order chi connectivity index (χ0) is 14.7. The topological polar surface area (TPSA) is 72.2 Å². The molecule has 0 aliphatic heterocycles. The molecule has 5 heteroatoms. The fourth-order valence-corrected chi connectivity index (χ4v) is 3.16. The number of primary amides is 1. The predicted octanol–water partition coefficient (Wildman–Crippen LogP) is 2.07. The highest BCUT2D eigenvalue weighted by molar-refractivity contribution is 9.10. The van der Waals surface area contributed by atoms with E-state index < -0.39 is 0 Å². The molecule has 0 bridgehead atoms. The Bertz CT molecular complexity index is 531. The van der Waals surface area contributed by atoms with Crippen LogP contribution in [0.3, 0.4) is 0 Å². The lowest BCUT2D eigenvalue weighted by atomic mass is 10.0. The third-order valence-electron chi connectivity index (χ3n) is 3.96. The van der Waals surface area contributed by atoms with E-state index in [1.54, 1.807) is 0 Å². The molecule has 4 nitrogen and oxygen atoms in total. The summed E-state index contributed by atoms with van der Waals surface area (Å²) in [6, 6.07) is 5.71.